The summed E-state index contributed by atoms with van der Waals surface area (Å²) in [6.07, 6.45) is 0.777. The van der Waals surface area contributed by atoms with Gasteiger partial charge in [0.25, 0.3) is 0 Å². The molecule has 0 aliphatic rings. The van der Waals surface area contributed by atoms with Crippen LogP contribution in [0.4, 0.5) is 0 Å². The fourth-order valence-electron chi connectivity index (χ4n) is 2.45. The van der Waals surface area contributed by atoms with Gasteiger partial charge in [-0.2, -0.15) is 0 Å². The average Bonchev–Trinajstić information content (AvgIpc) is 2.56. The van der Waals surface area contributed by atoms with Gasteiger partial charge in [0.2, 0.25) is 0 Å². The fourth-order valence-corrected chi connectivity index (χ4v) is 2.45. The molecule has 0 amide bonds. The molecule has 1 N–H and O–H groups in total. The lowest BCUT2D eigenvalue weighted by Crippen LogP contribution is -2.29. The zero-order valence-corrected chi connectivity index (χ0v) is 12.9. The molecule has 0 spiro atoms. The van der Waals surface area contributed by atoms with Crippen molar-refractivity contribution in [1.82, 2.24) is 5.32 Å². The Balaban J connectivity index is 1.86. The molecule has 2 atom stereocenters. The van der Waals surface area contributed by atoms with E-state index in [0.29, 0.717) is 0 Å². The molecule has 0 fully saturated rings. The number of nitrogens with zero attached hydrogens (tertiary/aromatic N) is 3. The van der Waals surface area contributed by atoms with Crippen LogP contribution in [0.3, 0.4) is 0 Å². The van der Waals surface area contributed by atoms with Gasteiger partial charge in [-0.25, -0.2) is 0 Å². The zero-order valence-electron chi connectivity index (χ0n) is 12.9. The van der Waals surface area contributed by atoms with E-state index in [1.807, 2.05) is 36.4 Å². The first-order chi connectivity index (χ1) is 10.8. The quantitative estimate of drug-likeness (QED) is 0.439. The van der Waals surface area contributed by atoms with Gasteiger partial charge in [0, 0.05) is 17.5 Å². The highest BCUT2D eigenvalue weighted by atomic mass is 15.2. The van der Waals surface area contributed by atoms with Crippen molar-refractivity contribution in [3.8, 4) is 0 Å². The van der Waals surface area contributed by atoms with Gasteiger partial charge >= 0.3 is 0 Å². The maximum Gasteiger partial charge on any atom is 0.0452 e. The normalized spacial score (nSPS) is 13.1. The summed E-state index contributed by atoms with van der Waals surface area (Å²) in [5, 5.41) is 7.43. The molecule has 22 heavy (non-hydrogen) atoms. The topological polar surface area (TPSA) is 60.8 Å². The number of hydrogen-bond donors (Lipinski definition) is 1. The van der Waals surface area contributed by atoms with E-state index in [2.05, 4.69) is 46.5 Å². The predicted octanol–water partition coefficient (Wildman–Crippen LogP) is 4.33. The van der Waals surface area contributed by atoms with Crippen LogP contribution in [0.5, 0.6) is 0 Å². The largest absolute Gasteiger partial charge is 0.312 e. The Morgan fingerprint density at radius 2 is 1.59 bits per heavy atom. The van der Waals surface area contributed by atoms with Crippen LogP contribution < -0.4 is 5.32 Å². The molecule has 0 aliphatic carbocycles. The molecule has 0 aromatic heterocycles. The Bertz CT molecular complexity index is 591. The number of azide groups is 1. The minimum Gasteiger partial charge on any atom is -0.312 e. The Kier molecular flexibility index (Phi) is 6.49. The molecule has 0 saturated carbocycles. The van der Waals surface area contributed by atoms with Crippen LogP contribution in [0, 0.1) is 5.92 Å². The average molecular weight is 294 g/mol. The van der Waals surface area contributed by atoms with Crippen LogP contribution >= 0.6 is 0 Å². The van der Waals surface area contributed by atoms with Crippen LogP contribution in [-0.2, 0) is 13.0 Å². The van der Waals surface area contributed by atoms with Gasteiger partial charge in [0.15, 0.2) is 0 Å². The van der Waals surface area contributed by atoms with E-state index in [4.69, 9.17) is 5.53 Å². The molecule has 0 radical (unpaired) electrons. The molecular formula is C18H22N4. The van der Waals surface area contributed by atoms with Gasteiger partial charge in [-0.05, 0) is 35.5 Å². The standard InChI is InChI=1S/C18H22N4/c1-15(13-20-14-17-10-6-3-7-11-17)18(21-22-19)12-16-8-4-2-5-9-16/h2-11,15,18,20H,12-14H2,1H3/t15-,18?/m1/s1. The molecule has 0 bridgehead atoms. The van der Waals surface area contributed by atoms with Crippen LogP contribution in [0.1, 0.15) is 18.1 Å². The lowest BCUT2D eigenvalue weighted by molar-refractivity contribution is 0.420. The van der Waals surface area contributed by atoms with Crippen LogP contribution in [0.25, 0.3) is 10.4 Å². The summed E-state index contributed by atoms with van der Waals surface area (Å²) in [6, 6.07) is 20.4. The first-order valence-corrected chi connectivity index (χ1v) is 7.62. The zero-order chi connectivity index (χ0) is 15.6. The molecule has 4 heteroatoms. The molecule has 2 aromatic rings. The van der Waals surface area contributed by atoms with E-state index < -0.39 is 0 Å². The molecule has 2 aromatic carbocycles. The van der Waals surface area contributed by atoms with E-state index >= 15 is 0 Å². The molecule has 1 unspecified atom stereocenters. The van der Waals surface area contributed by atoms with E-state index in [1.165, 1.54) is 11.1 Å². The smallest absolute Gasteiger partial charge is 0.0452 e. The van der Waals surface area contributed by atoms with Crippen molar-refractivity contribution in [1.29, 1.82) is 0 Å². The van der Waals surface area contributed by atoms with Crippen molar-refractivity contribution in [3.05, 3.63) is 82.2 Å². The van der Waals surface area contributed by atoms with Crippen molar-refractivity contribution < 1.29 is 0 Å². The molecular weight excluding hydrogens is 272 g/mol. The first-order valence-electron chi connectivity index (χ1n) is 7.62. The third-order valence-electron chi connectivity index (χ3n) is 3.78. The van der Waals surface area contributed by atoms with E-state index in [0.717, 1.165) is 19.5 Å². The second-order valence-electron chi connectivity index (χ2n) is 5.56. The molecule has 114 valence electrons. The number of nitrogens with one attached hydrogen (secondary N) is 1. The van der Waals surface area contributed by atoms with Crippen molar-refractivity contribution in [3.63, 3.8) is 0 Å². The van der Waals surface area contributed by atoms with Crippen molar-refractivity contribution in [2.24, 2.45) is 11.0 Å². The minimum atomic E-state index is -0.0318. The predicted molar refractivity (Wildman–Crippen MR) is 90.4 cm³/mol. The number of rotatable bonds is 8. The number of hydrogen-bond acceptors (Lipinski definition) is 2. The monoisotopic (exact) mass is 294 g/mol. The summed E-state index contributed by atoms with van der Waals surface area (Å²) < 4.78 is 0. The Morgan fingerprint density at radius 1 is 1.00 bits per heavy atom. The second-order valence-corrected chi connectivity index (χ2v) is 5.56. The van der Waals surface area contributed by atoms with Crippen molar-refractivity contribution in [2.45, 2.75) is 25.9 Å². The molecule has 0 saturated heterocycles. The Morgan fingerprint density at radius 3 is 2.18 bits per heavy atom. The van der Waals surface area contributed by atoms with Crippen molar-refractivity contribution in [2.75, 3.05) is 6.54 Å². The van der Waals surface area contributed by atoms with Gasteiger partial charge in [-0.1, -0.05) is 72.7 Å². The summed E-state index contributed by atoms with van der Waals surface area (Å²) >= 11 is 0. The highest BCUT2D eigenvalue weighted by Crippen LogP contribution is 2.14. The summed E-state index contributed by atoms with van der Waals surface area (Å²) in [5.74, 6) is 0.278. The lowest BCUT2D eigenvalue weighted by atomic mass is 9.95. The molecule has 2 rings (SSSR count). The fraction of sp³-hybridized carbons (Fsp3) is 0.333. The van der Waals surface area contributed by atoms with E-state index in [-0.39, 0.29) is 12.0 Å². The Hall–Kier alpha value is -2.29. The van der Waals surface area contributed by atoms with Gasteiger partial charge in [0.1, 0.15) is 0 Å². The first kappa shape index (κ1) is 16.1. The third kappa shape index (κ3) is 5.24. The van der Waals surface area contributed by atoms with Gasteiger partial charge in [0.05, 0.1) is 0 Å². The van der Waals surface area contributed by atoms with Gasteiger partial charge in [-0.15, -0.1) is 0 Å². The van der Waals surface area contributed by atoms with Crippen molar-refractivity contribution >= 4 is 0 Å². The summed E-state index contributed by atoms with van der Waals surface area (Å²) in [7, 11) is 0. The second kappa shape index (κ2) is 8.88. The van der Waals surface area contributed by atoms with Crippen LogP contribution in [0.2, 0.25) is 0 Å². The summed E-state index contributed by atoms with van der Waals surface area (Å²) in [5.41, 5.74) is 11.3. The maximum absolute atomic E-state index is 8.80. The summed E-state index contributed by atoms with van der Waals surface area (Å²) in [4.78, 5) is 3.02. The number of benzene rings is 2. The van der Waals surface area contributed by atoms with Gasteiger partial charge < -0.3 is 5.32 Å². The highest BCUT2D eigenvalue weighted by Gasteiger charge is 2.16. The third-order valence-corrected chi connectivity index (χ3v) is 3.78. The van der Waals surface area contributed by atoms with E-state index in [1.54, 1.807) is 0 Å². The van der Waals surface area contributed by atoms with Crippen LogP contribution in [0.15, 0.2) is 65.8 Å². The van der Waals surface area contributed by atoms with Crippen LogP contribution in [-0.4, -0.2) is 12.6 Å². The molecule has 0 heterocycles. The molecule has 4 nitrogen and oxygen atoms in total. The minimum absolute atomic E-state index is 0.0318. The molecule has 0 aliphatic heterocycles. The SMILES string of the molecule is C[C@H](CNCc1ccccc1)C(Cc1ccccc1)N=[N+]=[N-]. The Labute approximate surface area is 131 Å². The highest BCUT2D eigenvalue weighted by molar-refractivity contribution is 5.16. The maximum atomic E-state index is 8.80. The lowest BCUT2D eigenvalue weighted by Gasteiger charge is -2.20. The summed E-state index contributed by atoms with van der Waals surface area (Å²) in [6.45, 7) is 3.78. The van der Waals surface area contributed by atoms with E-state index in [9.17, 15) is 0 Å². The van der Waals surface area contributed by atoms with Gasteiger partial charge in [-0.3, -0.25) is 0 Å².